The number of ether oxygens (including phenoxy) is 1. The number of para-hydroxylation sites is 1. The SMILES string of the molecule is COc1ccccc1C1(C(=O)NCC2CCN(C(=O)c3cccnc3)CC2)CC1. The molecule has 1 aromatic heterocycles. The molecule has 1 N–H and O–H groups in total. The van der Waals surface area contributed by atoms with Crippen molar-refractivity contribution >= 4 is 11.8 Å². The number of nitrogens with one attached hydrogen (secondary N) is 1. The number of amides is 2. The summed E-state index contributed by atoms with van der Waals surface area (Å²) in [7, 11) is 1.65. The fraction of sp³-hybridized carbons (Fsp3) is 0.435. The molecule has 2 aromatic rings. The number of aromatic nitrogens is 1. The predicted octanol–water partition coefficient (Wildman–Crippen LogP) is 2.79. The number of benzene rings is 1. The standard InChI is InChI=1S/C23H27N3O3/c1-29-20-7-3-2-6-19(20)23(10-11-23)22(28)25-15-17-8-13-26(14-9-17)21(27)18-5-4-12-24-16-18/h2-7,12,16-17H,8-11,13-15H2,1H3,(H,25,28). The minimum atomic E-state index is -0.441. The first-order chi connectivity index (χ1) is 14.1. The summed E-state index contributed by atoms with van der Waals surface area (Å²) in [5.41, 5.74) is 1.17. The van der Waals surface area contributed by atoms with Crippen molar-refractivity contribution in [2.24, 2.45) is 5.92 Å². The molecule has 0 bridgehead atoms. The number of likely N-dealkylation sites (tertiary alicyclic amines) is 1. The number of methoxy groups -OCH3 is 1. The highest BCUT2D eigenvalue weighted by Crippen LogP contribution is 2.51. The van der Waals surface area contributed by atoms with E-state index in [1.807, 2.05) is 29.2 Å². The third-order valence-corrected chi connectivity index (χ3v) is 6.17. The molecule has 0 radical (unpaired) electrons. The largest absolute Gasteiger partial charge is 0.496 e. The van der Waals surface area contributed by atoms with E-state index >= 15 is 0 Å². The third kappa shape index (κ3) is 3.97. The van der Waals surface area contributed by atoms with Crippen molar-refractivity contribution in [3.8, 4) is 5.75 Å². The van der Waals surface area contributed by atoms with Crippen LogP contribution >= 0.6 is 0 Å². The van der Waals surface area contributed by atoms with E-state index in [9.17, 15) is 9.59 Å². The van der Waals surface area contributed by atoms with Gasteiger partial charge in [-0.15, -0.1) is 0 Å². The summed E-state index contributed by atoms with van der Waals surface area (Å²) in [6.07, 6.45) is 6.79. The molecule has 152 valence electrons. The third-order valence-electron chi connectivity index (χ3n) is 6.17. The average Bonchev–Trinajstić information content (AvgIpc) is 3.60. The van der Waals surface area contributed by atoms with Crippen LogP contribution in [0.25, 0.3) is 0 Å². The zero-order valence-corrected chi connectivity index (χ0v) is 16.8. The normalized spacial score (nSPS) is 18.2. The van der Waals surface area contributed by atoms with E-state index in [-0.39, 0.29) is 11.8 Å². The molecule has 1 saturated carbocycles. The van der Waals surface area contributed by atoms with Crippen molar-refractivity contribution in [2.75, 3.05) is 26.7 Å². The Morgan fingerprint density at radius 2 is 1.93 bits per heavy atom. The second-order valence-corrected chi connectivity index (χ2v) is 7.97. The van der Waals surface area contributed by atoms with Crippen LogP contribution in [0.4, 0.5) is 0 Å². The summed E-state index contributed by atoms with van der Waals surface area (Å²) in [5, 5.41) is 3.17. The van der Waals surface area contributed by atoms with Crippen LogP contribution in [0, 0.1) is 5.92 Å². The van der Waals surface area contributed by atoms with Crippen molar-refractivity contribution in [1.29, 1.82) is 0 Å². The van der Waals surface area contributed by atoms with Gasteiger partial charge in [0.05, 0.1) is 18.1 Å². The van der Waals surface area contributed by atoms with Gasteiger partial charge in [-0.2, -0.15) is 0 Å². The van der Waals surface area contributed by atoms with E-state index < -0.39 is 5.41 Å². The molecule has 0 atom stereocenters. The van der Waals surface area contributed by atoms with Gasteiger partial charge in [-0.1, -0.05) is 18.2 Å². The number of nitrogens with zero attached hydrogens (tertiary/aromatic N) is 2. The zero-order valence-electron chi connectivity index (χ0n) is 16.8. The topological polar surface area (TPSA) is 71.5 Å². The molecule has 1 aliphatic carbocycles. The Balaban J connectivity index is 1.30. The number of rotatable bonds is 6. The number of carbonyl (C=O) groups is 2. The summed E-state index contributed by atoms with van der Waals surface area (Å²) < 4.78 is 5.47. The van der Waals surface area contributed by atoms with Gasteiger partial charge in [0.2, 0.25) is 5.91 Å². The van der Waals surface area contributed by atoms with Gasteiger partial charge in [0, 0.05) is 37.6 Å². The molecule has 2 amide bonds. The lowest BCUT2D eigenvalue weighted by Gasteiger charge is -2.32. The average molecular weight is 393 g/mol. The predicted molar refractivity (Wildman–Crippen MR) is 110 cm³/mol. The molecule has 6 heteroatoms. The number of hydrogen-bond donors (Lipinski definition) is 1. The summed E-state index contributed by atoms with van der Waals surface area (Å²) in [4.78, 5) is 31.4. The van der Waals surface area contributed by atoms with Gasteiger partial charge in [-0.05, 0) is 49.8 Å². The van der Waals surface area contributed by atoms with Crippen molar-refractivity contribution in [2.45, 2.75) is 31.1 Å². The Morgan fingerprint density at radius 3 is 2.59 bits per heavy atom. The Morgan fingerprint density at radius 1 is 1.17 bits per heavy atom. The van der Waals surface area contributed by atoms with Crippen LogP contribution < -0.4 is 10.1 Å². The molecule has 4 rings (SSSR count). The first-order valence-electron chi connectivity index (χ1n) is 10.2. The maximum atomic E-state index is 13.0. The molecule has 29 heavy (non-hydrogen) atoms. The van der Waals surface area contributed by atoms with Gasteiger partial charge >= 0.3 is 0 Å². The maximum Gasteiger partial charge on any atom is 0.255 e. The maximum absolute atomic E-state index is 13.0. The quantitative estimate of drug-likeness (QED) is 0.819. The first kappa shape index (κ1) is 19.4. The van der Waals surface area contributed by atoms with E-state index in [0.29, 0.717) is 31.1 Å². The van der Waals surface area contributed by atoms with Gasteiger partial charge < -0.3 is 15.0 Å². The van der Waals surface area contributed by atoms with Crippen LogP contribution in [-0.2, 0) is 10.2 Å². The lowest BCUT2D eigenvalue weighted by Crippen LogP contribution is -2.43. The molecular formula is C23H27N3O3. The summed E-state index contributed by atoms with van der Waals surface area (Å²) in [6, 6.07) is 11.4. The van der Waals surface area contributed by atoms with Gasteiger partial charge in [0.15, 0.2) is 0 Å². The summed E-state index contributed by atoms with van der Waals surface area (Å²) in [6.45, 7) is 2.09. The van der Waals surface area contributed by atoms with E-state index in [0.717, 1.165) is 37.0 Å². The van der Waals surface area contributed by atoms with Crippen LogP contribution in [0.2, 0.25) is 0 Å². The number of carbonyl (C=O) groups excluding carboxylic acids is 2. The molecule has 1 aromatic carbocycles. The lowest BCUT2D eigenvalue weighted by molar-refractivity contribution is -0.123. The van der Waals surface area contributed by atoms with Gasteiger partial charge in [-0.3, -0.25) is 14.6 Å². The molecule has 2 fully saturated rings. The Labute approximate surface area is 171 Å². The van der Waals surface area contributed by atoms with Crippen LogP contribution in [-0.4, -0.2) is 48.4 Å². The van der Waals surface area contributed by atoms with Crippen LogP contribution in [0.15, 0.2) is 48.8 Å². The van der Waals surface area contributed by atoms with Crippen LogP contribution in [0.3, 0.4) is 0 Å². The number of pyridine rings is 1. The zero-order chi connectivity index (χ0) is 20.3. The van der Waals surface area contributed by atoms with E-state index in [1.54, 1.807) is 31.6 Å². The molecule has 2 heterocycles. The molecule has 1 saturated heterocycles. The number of hydrogen-bond acceptors (Lipinski definition) is 4. The molecule has 6 nitrogen and oxygen atoms in total. The summed E-state index contributed by atoms with van der Waals surface area (Å²) in [5.74, 6) is 1.30. The van der Waals surface area contributed by atoms with E-state index in [1.165, 1.54) is 0 Å². The minimum absolute atomic E-state index is 0.0358. The van der Waals surface area contributed by atoms with Gasteiger partial charge in [0.25, 0.3) is 5.91 Å². The van der Waals surface area contributed by atoms with Gasteiger partial charge in [-0.25, -0.2) is 0 Å². The van der Waals surface area contributed by atoms with E-state index in [4.69, 9.17) is 4.74 Å². The lowest BCUT2D eigenvalue weighted by atomic mass is 9.92. The Kier molecular flexibility index (Phi) is 5.51. The van der Waals surface area contributed by atoms with Crippen molar-refractivity contribution < 1.29 is 14.3 Å². The summed E-state index contributed by atoms with van der Waals surface area (Å²) >= 11 is 0. The monoisotopic (exact) mass is 393 g/mol. The fourth-order valence-electron chi connectivity index (χ4n) is 4.20. The van der Waals surface area contributed by atoms with Crippen LogP contribution in [0.1, 0.15) is 41.6 Å². The van der Waals surface area contributed by atoms with Crippen LogP contribution in [0.5, 0.6) is 5.75 Å². The molecule has 1 aliphatic heterocycles. The van der Waals surface area contributed by atoms with Crippen molar-refractivity contribution in [3.05, 3.63) is 59.9 Å². The van der Waals surface area contributed by atoms with E-state index in [2.05, 4.69) is 10.3 Å². The molecule has 0 unspecified atom stereocenters. The molecule has 0 spiro atoms. The first-order valence-corrected chi connectivity index (χ1v) is 10.2. The van der Waals surface area contributed by atoms with Crippen molar-refractivity contribution in [1.82, 2.24) is 15.2 Å². The Hall–Kier alpha value is -2.89. The minimum Gasteiger partial charge on any atom is -0.496 e. The second kappa shape index (κ2) is 8.23. The number of piperidine rings is 1. The second-order valence-electron chi connectivity index (χ2n) is 7.97. The molecule has 2 aliphatic rings. The van der Waals surface area contributed by atoms with Gasteiger partial charge in [0.1, 0.15) is 5.75 Å². The smallest absolute Gasteiger partial charge is 0.255 e. The van der Waals surface area contributed by atoms with Crippen molar-refractivity contribution in [3.63, 3.8) is 0 Å². The highest BCUT2D eigenvalue weighted by atomic mass is 16.5. The highest BCUT2D eigenvalue weighted by molar-refractivity contribution is 5.94. The highest BCUT2D eigenvalue weighted by Gasteiger charge is 2.52. The Bertz CT molecular complexity index is 872. The molecular weight excluding hydrogens is 366 g/mol. The fourth-order valence-corrected chi connectivity index (χ4v) is 4.20.